The quantitative estimate of drug-likeness (QED) is 0.586. The van der Waals surface area contributed by atoms with Crippen LogP contribution in [0, 0.1) is 11.3 Å². The first-order chi connectivity index (χ1) is 8.32. The molecule has 0 aliphatic carbocycles. The van der Waals surface area contributed by atoms with Crippen molar-refractivity contribution in [3.63, 3.8) is 0 Å². The fourth-order valence-electron chi connectivity index (χ4n) is 1.04. The Labute approximate surface area is 105 Å². The van der Waals surface area contributed by atoms with E-state index in [1.54, 1.807) is 6.07 Å². The molecule has 0 saturated heterocycles. The Kier molecular flexibility index (Phi) is 6.74. The van der Waals surface area contributed by atoms with Crippen LogP contribution < -0.4 is 10.6 Å². The molecule has 0 saturated carbocycles. The molecule has 0 rings (SSSR count). The summed E-state index contributed by atoms with van der Waals surface area (Å²) in [4.78, 5) is 22.4. The van der Waals surface area contributed by atoms with E-state index in [0.29, 0.717) is 0 Å². The van der Waals surface area contributed by atoms with E-state index >= 15 is 0 Å². The van der Waals surface area contributed by atoms with Gasteiger partial charge in [0, 0.05) is 19.3 Å². The van der Waals surface area contributed by atoms with Crippen LogP contribution in [0.1, 0.15) is 6.42 Å². The number of sulfone groups is 1. The topological polar surface area (TPSA) is 125 Å². The van der Waals surface area contributed by atoms with Crippen molar-refractivity contribution in [3.05, 3.63) is 0 Å². The minimum Gasteiger partial charge on any atom is -0.453 e. The molecule has 0 aromatic rings. The monoisotopic (exact) mass is 277 g/mol. The molecule has 8 nitrogen and oxygen atoms in total. The summed E-state index contributed by atoms with van der Waals surface area (Å²) in [6, 6.07) is 1.81. The molecule has 1 unspecified atom stereocenters. The van der Waals surface area contributed by atoms with Gasteiger partial charge in [-0.05, 0) is 0 Å². The highest BCUT2D eigenvalue weighted by Gasteiger charge is 2.29. The van der Waals surface area contributed by atoms with Gasteiger partial charge in [0.25, 0.3) is 0 Å². The highest BCUT2D eigenvalue weighted by molar-refractivity contribution is 7.92. The van der Waals surface area contributed by atoms with Crippen molar-refractivity contribution in [2.24, 2.45) is 0 Å². The van der Waals surface area contributed by atoms with Gasteiger partial charge in [0.2, 0.25) is 5.91 Å². The number of alkyl carbamates (subject to hydrolysis) is 1. The van der Waals surface area contributed by atoms with E-state index < -0.39 is 27.1 Å². The number of ether oxygens (including phenoxy) is 1. The molecule has 2 amide bonds. The number of methoxy groups -OCH3 is 1. The highest BCUT2D eigenvalue weighted by atomic mass is 32.2. The normalized spacial score (nSPS) is 12.1. The molecule has 0 aromatic carbocycles. The second kappa shape index (κ2) is 7.50. The van der Waals surface area contributed by atoms with Gasteiger partial charge in [-0.2, -0.15) is 5.26 Å². The fourth-order valence-corrected chi connectivity index (χ4v) is 1.90. The lowest BCUT2D eigenvalue weighted by molar-refractivity contribution is -0.120. The van der Waals surface area contributed by atoms with Gasteiger partial charge < -0.3 is 15.4 Å². The van der Waals surface area contributed by atoms with Crippen LogP contribution in [0.3, 0.4) is 0 Å². The number of hydrogen-bond acceptors (Lipinski definition) is 6. The van der Waals surface area contributed by atoms with Gasteiger partial charge in [-0.15, -0.1) is 0 Å². The van der Waals surface area contributed by atoms with Gasteiger partial charge >= 0.3 is 6.09 Å². The molecule has 0 spiro atoms. The maximum absolute atomic E-state index is 11.6. The maximum Gasteiger partial charge on any atom is 0.406 e. The number of nitrogens with one attached hydrogen (secondary N) is 2. The average Bonchev–Trinajstić information content (AvgIpc) is 2.27. The summed E-state index contributed by atoms with van der Waals surface area (Å²) in [6.45, 7) is -0.330. The van der Waals surface area contributed by atoms with E-state index in [0.717, 1.165) is 13.4 Å². The van der Waals surface area contributed by atoms with E-state index in [-0.39, 0.29) is 19.5 Å². The first-order valence-corrected chi connectivity index (χ1v) is 6.93. The zero-order valence-corrected chi connectivity index (χ0v) is 10.9. The van der Waals surface area contributed by atoms with Crippen molar-refractivity contribution in [3.8, 4) is 6.07 Å². The van der Waals surface area contributed by atoms with E-state index in [4.69, 9.17) is 5.26 Å². The fraction of sp³-hybridized carbons (Fsp3) is 0.667. The van der Waals surface area contributed by atoms with Crippen LogP contribution in [0.25, 0.3) is 0 Å². The summed E-state index contributed by atoms with van der Waals surface area (Å²) >= 11 is 0. The van der Waals surface area contributed by atoms with E-state index in [2.05, 4.69) is 15.4 Å². The van der Waals surface area contributed by atoms with Gasteiger partial charge in [-0.3, -0.25) is 4.79 Å². The zero-order valence-electron chi connectivity index (χ0n) is 10.1. The molecule has 0 radical (unpaired) electrons. The maximum atomic E-state index is 11.6. The van der Waals surface area contributed by atoms with Gasteiger partial charge in [0.1, 0.15) is 0 Å². The molecule has 102 valence electrons. The number of carbonyl (C=O) groups is 2. The Morgan fingerprint density at radius 2 is 2.00 bits per heavy atom. The Morgan fingerprint density at radius 3 is 2.44 bits per heavy atom. The summed E-state index contributed by atoms with van der Waals surface area (Å²) in [5.74, 6) is -0.760. The minimum atomic E-state index is -3.67. The minimum absolute atomic E-state index is 0.0551. The highest BCUT2D eigenvalue weighted by Crippen LogP contribution is 1.99. The molecule has 0 aromatic heterocycles. The summed E-state index contributed by atoms with van der Waals surface area (Å²) in [5, 5.41) is 11.3. The van der Waals surface area contributed by atoms with E-state index in [1.807, 2.05) is 0 Å². The first kappa shape index (κ1) is 16.2. The van der Waals surface area contributed by atoms with Crippen LogP contribution in [-0.4, -0.2) is 52.1 Å². The lowest BCUT2D eigenvalue weighted by Gasteiger charge is -2.14. The third-order valence-corrected chi connectivity index (χ3v) is 3.38. The molecule has 0 fully saturated rings. The number of hydrogen-bond donors (Lipinski definition) is 2. The van der Waals surface area contributed by atoms with Gasteiger partial charge in [-0.25, -0.2) is 13.2 Å². The third kappa shape index (κ3) is 6.05. The van der Waals surface area contributed by atoms with Crippen molar-refractivity contribution in [2.45, 2.75) is 11.7 Å². The number of amides is 2. The SMILES string of the molecule is COC(=O)NCC(C(=O)NCCC#N)S(C)(=O)=O. The summed E-state index contributed by atoms with van der Waals surface area (Å²) in [7, 11) is -2.55. The van der Waals surface area contributed by atoms with Crippen LogP contribution in [0.2, 0.25) is 0 Å². The van der Waals surface area contributed by atoms with Gasteiger partial charge in [0.15, 0.2) is 15.1 Å². The predicted molar refractivity (Wildman–Crippen MR) is 62.3 cm³/mol. The van der Waals surface area contributed by atoms with Crippen molar-refractivity contribution in [1.29, 1.82) is 5.26 Å². The Bertz CT molecular complexity index is 440. The average molecular weight is 277 g/mol. The molecule has 2 N–H and O–H groups in total. The Hall–Kier alpha value is -1.82. The van der Waals surface area contributed by atoms with E-state index in [1.165, 1.54) is 0 Å². The predicted octanol–water partition coefficient (Wildman–Crippen LogP) is -1.21. The zero-order chi connectivity index (χ0) is 14.2. The standard InChI is InChI=1S/C9H15N3O5S/c1-17-9(14)12-6-7(18(2,15)16)8(13)11-5-3-4-10/h7H,3,5-6H2,1-2H3,(H,11,13)(H,12,14). The summed E-state index contributed by atoms with van der Waals surface area (Å²) < 4.78 is 27.0. The smallest absolute Gasteiger partial charge is 0.406 e. The van der Waals surface area contributed by atoms with Crippen LogP contribution in [0.15, 0.2) is 0 Å². The second-order valence-electron chi connectivity index (χ2n) is 3.39. The molecule has 9 heteroatoms. The largest absolute Gasteiger partial charge is 0.453 e. The van der Waals surface area contributed by atoms with Crippen LogP contribution >= 0.6 is 0 Å². The van der Waals surface area contributed by atoms with Crippen molar-refractivity contribution in [1.82, 2.24) is 10.6 Å². The van der Waals surface area contributed by atoms with Crippen LogP contribution in [0.5, 0.6) is 0 Å². The second-order valence-corrected chi connectivity index (χ2v) is 5.62. The Morgan fingerprint density at radius 1 is 1.39 bits per heavy atom. The summed E-state index contributed by atoms with van der Waals surface area (Å²) in [6.07, 6.45) is 0.140. The molecule has 0 bridgehead atoms. The molecule has 18 heavy (non-hydrogen) atoms. The molecule has 0 aliphatic rings. The molecular weight excluding hydrogens is 262 g/mol. The van der Waals surface area contributed by atoms with Crippen LogP contribution in [-0.2, 0) is 19.4 Å². The molecule has 0 heterocycles. The number of carbonyl (C=O) groups excluding carboxylic acids is 2. The van der Waals surface area contributed by atoms with Crippen molar-refractivity contribution in [2.75, 3.05) is 26.5 Å². The molecule has 0 aliphatic heterocycles. The Balaban J connectivity index is 4.56. The van der Waals surface area contributed by atoms with Gasteiger partial charge in [0.05, 0.1) is 19.6 Å². The summed E-state index contributed by atoms with van der Waals surface area (Å²) in [5.41, 5.74) is 0. The molecular formula is C9H15N3O5S. The van der Waals surface area contributed by atoms with Gasteiger partial charge in [-0.1, -0.05) is 0 Å². The lowest BCUT2D eigenvalue weighted by atomic mass is 10.3. The van der Waals surface area contributed by atoms with E-state index in [9.17, 15) is 18.0 Å². The molecule has 1 atom stereocenters. The third-order valence-electron chi connectivity index (χ3n) is 1.96. The van der Waals surface area contributed by atoms with Crippen molar-refractivity contribution < 1.29 is 22.7 Å². The first-order valence-electron chi connectivity index (χ1n) is 4.98. The van der Waals surface area contributed by atoms with Crippen molar-refractivity contribution >= 4 is 21.8 Å². The number of rotatable bonds is 6. The number of nitrogens with zero attached hydrogens (tertiary/aromatic N) is 1. The van der Waals surface area contributed by atoms with Crippen LogP contribution in [0.4, 0.5) is 4.79 Å². The number of nitriles is 1. The lowest BCUT2D eigenvalue weighted by Crippen LogP contribution is -2.47.